The van der Waals surface area contributed by atoms with Crippen molar-refractivity contribution in [3.8, 4) is 28.0 Å². The van der Waals surface area contributed by atoms with Crippen LogP contribution in [0.25, 0.3) is 22.3 Å². The first-order valence-corrected chi connectivity index (χ1v) is 12.5. The molecule has 0 saturated carbocycles. The van der Waals surface area contributed by atoms with Gasteiger partial charge in [0, 0.05) is 63.6 Å². The van der Waals surface area contributed by atoms with Crippen molar-refractivity contribution in [1.82, 2.24) is 15.2 Å². The smallest absolute Gasteiger partial charge is 0.324 e. The molecular weight excluding hydrogens is 462 g/mol. The number of hydrogen-bond acceptors (Lipinski definition) is 5. The van der Waals surface area contributed by atoms with Gasteiger partial charge in [0.05, 0.1) is 10.7 Å². The summed E-state index contributed by atoms with van der Waals surface area (Å²) in [6.45, 7) is 8.95. The van der Waals surface area contributed by atoms with Crippen molar-refractivity contribution in [3.05, 3.63) is 59.8 Å². The first kappa shape index (κ1) is 24.8. The summed E-state index contributed by atoms with van der Waals surface area (Å²) in [6.07, 6.45) is 1.79. The lowest BCUT2D eigenvalue weighted by Gasteiger charge is -2.28. The van der Waals surface area contributed by atoms with Crippen LogP contribution in [-0.2, 0) is 0 Å². The molecule has 5 rings (SSSR count). The lowest BCUT2D eigenvalue weighted by atomic mass is 9.97. The third-order valence-electron chi connectivity index (χ3n) is 6.30. The molecule has 7 nitrogen and oxygen atoms in total. The van der Waals surface area contributed by atoms with Gasteiger partial charge in [0.2, 0.25) is 0 Å². The number of rotatable bonds is 4. The zero-order valence-electron chi connectivity index (χ0n) is 20.5. The van der Waals surface area contributed by atoms with Crippen LogP contribution in [0.5, 0.6) is 5.75 Å². The standard InChI is InChI=1S/C25H26ClN5O2.C2H6/c1-29-13-14-31(25(29)33)22-6-5-17(15-21(22)26)19-3-2-4-20(24(19)32)18-7-8-28-23(16-18)30-11-9-27-10-12-30;1-2/h2-8,15-16,27,32H,9-14H2,1H3;1-2H3. The van der Waals surface area contributed by atoms with Gasteiger partial charge in [-0.3, -0.25) is 4.90 Å². The van der Waals surface area contributed by atoms with E-state index in [0.717, 1.165) is 48.7 Å². The van der Waals surface area contributed by atoms with E-state index in [-0.39, 0.29) is 11.8 Å². The number of carbonyl (C=O) groups excluding carboxylic acids is 1. The van der Waals surface area contributed by atoms with E-state index in [4.69, 9.17) is 11.6 Å². The van der Waals surface area contributed by atoms with E-state index in [0.29, 0.717) is 29.4 Å². The summed E-state index contributed by atoms with van der Waals surface area (Å²) in [5.41, 5.74) is 3.81. The van der Waals surface area contributed by atoms with Gasteiger partial charge in [-0.05, 0) is 35.4 Å². The van der Waals surface area contributed by atoms with Crippen LogP contribution in [0.1, 0.15) is 13.8 Å². The van der Waals surface area contributed by atoms with E-state index in [9.17, 15) is 9.90 Å². The molecule has 3 aromatic rings. The number of aromatic hydroxyl groups is 1. The topological polar surface area (TPSA) is 71.9 Å². The van der Waals surface area contributed by atoms with Crippen molar-refractivity contribution >= 4 is 29.1 Å². The van der Waals surface area contributed by atoms with Gasteiger partial charge in [-0.1, -0.05) is 49.7 Å². The normalized spacial score (nSPS) is 15.8. The number of phenolic OH excluding ortho intramolecular Hbond substituents is 1. The number of urea groups is 1. The first-order chi connectivity index (χ1) is 17.0. The minimum absolute atomic E-state index is 0.0625. The van der Waals surface area contributed by atoms with Gasteiger partial charge < -0.3 is 20.2 Å². The zero-order valence-corrected chi connectivity index (χ0v) is 21.2. The third-order valence-corrected chi connectivity index (χ3v) is 6.60. The van der Waals surface area contributed by atoms with Crippen LogP contribution < -0.4 is 15.1 Å². The number of halogens is 1. The average Bonchev–Trinajstić information content (AvgIpc) is 3.23. The first-order valence-electron chi connectivity index (χ1n) is 12.1. The fourth-order valence-electron chi connectivity index (χ4n) is 4.43. The average molecular weight is 494 g/mol. The number of nitrogens with zero attached hydrogens (tertiary/aromatic N) is 4. The highest BCUT2D eigenvalue weighted by molar-refractivity contribution is 6.34. The van der Waals surface area contributed by atoms with E-state index in [1.54, 1.807) is 29.1 Å². The molecule has 3 heterocycles. The predicted molar refractivity (Wildman–Crippen MR) is 144 cm³/mol. The van der Waals surface area contributed by atoms with Crippen molar-refractivity contribution in [3.63, 3.8) is 0 Å². The second-order valence-corrected chi connectivity index (χ2v) is 8.77. The van der Waals surface area contributed by atoms with E-state index >= 15 is 0 Å². The number of piperazine rings is 1. The highest BCUT2D eigenvalue weighted by Crippen LogP contribution is 2.41. The van der Waals surface area contributed by atoms with Gasteiger partial charge in [-0.2, -0.15) is 0 Å². The van der Waals surface area contributed by atoms with Crippen molar-refractivity contribution in [2.45, 2.75) is 13.8 Å². The molecule has 2 aromatic carbocycles. The van der Waals surface area contributed by atoms with Gasteiger partial charge in [-0.15, -0.1) is 0 Å². The Morgan fingerprint density at radius 3 is 2.26 bits per heavy atom. The molecule has 184 valence electrons. The van der Waals surface area contributed by atoms with Gasteiger partial charge in [0.15, 0.2) is 0 Å². The zero-order chi connectivity index (χ0) is 24.9. The molecule has 2 saturated heterocycles. The van der Waals surface area contributed by atoms with E-state index in [1.165, 1.54) is 0 Å². The van der Waals surface area contributed by atoms with Crippen LogP contribution in [0.2, 0.25) is 5.02 Å². The summed E-state index contributed by atoms with van der Waals surface area (Å²) < 4.78 is 0. The van der Waals surface area contributed by atoms with E-state index in [1.807, 2.05) is 56.3 Å². The molecule has 2 N–H and O–H groups in total. The maximum absolute atomic E-state index is 12.4. The number of likely N-dealkylation sites (N-methyl/N-ethyl adjacent to an activating group) is 1. The molecule has 0 atom stereocenters. The van der Waals surface area contributed by atoms with E-state index in [2.05, 4.69) is 15.2 Å². The summed E-state index contributed by atoms with van der Waals surface area (Å²) in [6, 6.07) is 15.1. The van der Waals surface area contributed by atoms with Crippen LogP contribution in [-0.4, -0.2) is 67.3 Å². The number of phenols is 1. The number of pyridine rings is 1. The Balaban J connectivity index is 0.00000141. The Hall–Kier alpha value is -3.29. The summed E-state index contributed by atoms with van der Waals surface area (Å²) in [5.74, 6) is 1.10. The molecule has 2 amide bonds. The number of nitrogens with one attached hydrogen (secondary N) is 1. The summed E-state index contributed by atoms with van der Waals surface area (Å²) in [5, 5.41) is 15.0. The van der Waals surface area contributed by atoms with Gasteiger partial charge in [-0.25, -0.2) is 9.78 Å². The summed E-state index contributed by atoms with van der Waals surface area (Å²) in [4.78, 5) is 22.5. The van der Waals surface area contributed by atoms with Crippen molar-refractivity contribution in [2.24, 2.45) is 0 Å². The van der Waals surface area contributed by atoms with Gasteiger partial charge in [0.25, 0.3) is 0 Å². The Morgan fingerprint density at radius 1 is 0.943 bits per heavy atom. The second kappa shape index (κ2) is 11.0. The Bertz CT molecular complexity index is 1200. The van der Waals surface area contributed by atoms with Crippen molar-refractivity contribution in [1.29, 1.82) is 0 Å². The second-order valence-electron chi connectivity index (χ2n) is 8.36. The Morgan fingerprint density at radius 2 is 1.63 bits per heavy atom. The number of amides is 2. The molecule has 0 aliphatic carbocycles. The summed E-state index contributed by atoms with van der Waals surface area (Å²) >= 11 is 6.58. The summed E-state index contributed by atoms with van der Waals surface area (Å²) in [7, 11) is 1.78. The number of aromatic nitrogens is 1. The molecule has 2 aliphatic heterocycles. The molecule has 0 spiro atoms. The highest BCUT2D eigenvalue weighted by atomic mass is 35.5. The van der Waals surface area contributed by atoms with Crippen LogP contribution >= 0.6 is 11.6 Å². The van der Waals surface area contributed by atoms with Crippen LogP contribution in [0, 0.1) is 0 Å². The Kier molecular flexibility index (Phi) is 7.78. The highest BCUT2D eigenvalue weighted by Gasteiger charge is 2.28. The number of benzene rings is 2. The number of anilines is 2. The maximum atomic E-state index is 12.4. The monoisotopic (exact) mass is 493 g/mol. The minimum atomic E-state index is -0.0625. The molecule has 0 radical (unpaired) electrons. The molecule has 2 fully saturated rings. The molecule has 0 bridgehead atoms. The molecule has 2 aliphatic rings. The molecule has 35 heavy (non-hydrogen) atoms. The van der Waals surface area contributed by atoms with Crippen molar-refractivity contribution < 1.29 is 9.90 Å². The largest absolute Gasteiger partial charge is 0.507 e. The predicted octanol–water partition coefficient (Wildman–Crippen LogP) is 5.08. The van der Waals surface area contributed by atoms with Crippen LogP contribution in [0.3, 0.4) is 0 Å². The van der Waals surface area contributed by atoms with Gasteiger partial charge in [0.1, 0.15) is 11.6 Å². The maximum Gasteiger partial charge on any atom is 0.324 e. The molecular formula is C27H32ClN5O2. The SMILES string of the molecule is CC.CN1CCN(c2ccc(-c3cccc(-c4ccnc(N5CCNCC5)c4)c3O)cc2Cl)C1=O. The number of hydrogen-bond donors (Lipinski definition) is 2. The minimum Gasteiger partial charge on any atom is -0.507 e. The third kappa shape index (κ3) is 5.06. The van der Waals surface area contributed by atoms with Crippen LogP contribution in [0.15, 0.2) is 54.7 Å². The van der Waals surface area contributed by atoms with Crippen LogP contribution in [0.4, 0.5) is 16.3 Å². The Labute approximate surface area is 211 Å². The van der Waals surface area contributed by atoms with E-state index < -0.39 is 0 Å². The number of para-hydroxylation sites is 1. The molecule has 0 unspecified atom stereocenters. The fraction of sp³-hybridized carbons (Fsp3) is 0.333. The lowest BCUT2D eigenvalue weighted by Crippen LogP contribution is -2.43. The quantitative estimate of drug-likeness (QED) is 0.530. The molecule has 8 heteroatoms. The molecule has 1 aromatic heterocycles. The van der Waals surface area contributed by atoms with Gasteiger partial charge >= 0.3 is 6.03 Å². The lowest BCUT2D eigenvalue weighted by molar-refractivity contribution is 0.229. The van der Waals surface area contributed by atoms with Crippen molar-refractivity contribution in [2.75, 3.05) is 56.1 Å². The fourth-order valence-corrected chi connectivity index (χ4v) is 4.71. The number of carbonyl (C=O) groups is 1.